The third-order valence-corrected chi connectivity index (χ3v) is 1.74. The third-order valence-electron chi connectivity index (χ3n) is 1.55. The molecular formula is C8H12ClN3O2. The number of hydrogen-bond acceptors (Lipinski definition) is 4. The molecule has 0 fully saturated rings. The summed E-state index contributed by atoms with van der Waals surface area (Å²) in [4.78, 5) is 15.0. The SMILES string of the molecule is Cc1noc(CCNC(=O)CCCl)n1. The number of aryl methyl sites for hydroxylation is 1. The Balaban J connectivity index is 2.18. The maximum atomic E-state index is 11.0. The molecule has 78 valence electrons. The maximum Gasteiger partial charge on any atom is 0.228 e. The molecule has 0 radical (unpaired) electrons. The van der Waals surface area contributed by atoms with Crippen molar-refractivity contribution in [3.63, 3.8) is 0 Å². The van der Waals surface area contributed by atoms with E-state index in [2.05, 4.69) is 15.5 Å². The van der Waals surface area contributed by atoms with Crippen LogP contribution in [0.25, 0.3) is 0 Å². The minimum Gasteiger partial charge on any atom is -0.356 e. The molecule has 6 heteroatoms. The molecule has 0 aliphatic heterocycles. The molecule has 0 aliphatic carbocycles. The van der Waals surface area contributed by atoms with Gasteiger partial charge < -0.3 is 9.84 Å². The Morgan fingerprint density at radius 2 is 2.43 bits per heavy atom. The quantitative estimate of drug-likeness (QED) is 0.736. The molecule has 0 aromatic carbocycles. The van der Waals surface area contributed by atoms with Crippen LogP contribution in [-0.2, 0) is 11.2 Å². The summed E-state index contributed by atoms with van der Waals surface area (Å²) in [5.74, 6) is 1.42. The van der Waals surface area contributed by atoms with Crippen LogP contribution >= 0.6 is 11.6 Å². The Morgan fingerprint density at radius 1 is 1.64 bits per heavy atom. The first-order valence-corrected chi connectivity index (χ1v) is 4.87. The van der Waals surface area contributed by atoms with Crippen molar-refractivity contribution in [2.24, 2.45) is 0 Å². The van der Waals surface area contributed by atoms with Crippen molar-refractivity contribution in [2.45, 2.75) is 19.8 Å². The molecular weight excluding hydrogens is 206 g/mol. The predicted molar refractivity (Wildman–Crippen MR) is 51.1 cm³/mol. The summed E-state index contributed by atoms with van der Waals surface area (Å²) in [7, 11) is 0. The highest BCUT2D eigenvalue weighted by atomic mass is 35.5. The van der Waals surface area contributed by atoms with Gasteiger partial charge in [0.2, 0.25) is 11.8 Å². The van der Waals surface area contributed by atoms with E-state index in [-0.39, 0.29) is 5.91 Å². The van der Waals surface area contributed by atoms with Crippen molar-refractivity contribution in [3.05, 3.63) is 11.7 Å². The number of nitrogens with zero attached hydrogens (tertiary/aromatic N) is 2. The van der Waals surface area contributed by atoms with Crippen molar-refractivity contribution < 1.29 is 9.32 Å². The molecule has 14 heavy (non-hydrogen) atoms. The normalized spacial score (nSPS) is 10.1. The number of amides is 1. The highest BCUT2D eigenvalue weighted by Crippen LogP contribution is 1.95. The van der Waals surface area contributed by atoms with Crippen molar-refractivity contribution in [1.82, 2.24) is 15.5 Å². The Bertz CT molecular complexity index is 301. The van der Waals surface area contributed by atoms with Crippen LogP contribution in [0.3, 0.4) is 0 Å². The van der Waals surface area contributed by atoms with Gasteiger partial charge in [-0.1, -0.05) is 5.16 Å². The first kappa shape index (κ1) is 11.0. The first-order valence-electron chi connectivity index (χ1n) is 4.34. The van der Waals surface area contributed by atoms with E-state index in [1.54, 1.807) is 6.92 Å². The lowest BCUT2D eigenvalue weighted by molar-refractivity contribution is -0.120. The molecule has 1 N–H and O–H groups in total. The van der Waals surface area contributed by atoms with E-state index >= 15 is 0 Å². The second-order valence-corrected chi connectivity index (χ2v) is 3.15. The molecule has 1 amide bonds. The standard InChI is InChI=1S/C8H12ClN3O2/c1-6-11-8(14-12-6)3-5-10-7(13)2-4-9/h2-5H2,1H3,(H,10,13). The highest BCUT2D eigenvalue weighted by molar-refractivity contribution is 6.18. The number of halogens is 1. The van der Waals surface area contributed by atoms with Crippen molar-refractivity contribution in [1.29, 1.82) is 0 Å². The molecule has 1 aromatic rings. The van der Waals surface area contributed by atoms with Gasteiger partial charge in [-0.05, 0) is 6.92 Å². The average Bonchev–Trinajstić information content (AvgIpc) is 2.52. The number of hydrogen-bond donors (Lipinski definition) is 1. The summed E-state index contributed by atoms with van der Waals surface area (Å²) in [6, 6.07) is 0. The van der Waals surface area contributed by atoms with Crippen LogP contribution in [0.2, 0.25) is 0 Å². The predicted octanol–water partition coefficient (Wildman–Crippen LogP) is 0.666. The molecule has 5 nitrogen and oxygen atoms in total. The van der Waals surface area contributed by atoms with Crippen LogP contribution in [0.15, 0.2) is 4.52 Å². The first-order chi connectivity index (χ1) is 6.72. The van der Waals surface area contributed by atoms with E-state index in [4.69, 9.17) is 16.1 Å². The summed E-state index contributed by atoms with van der Waals surface area (Å²) in [5.41, 5.74) is 0. The molecule has 0 spiro atoms. The van der Waals surface area contributed by atoms with E-state index in [1.165, 1.54) is 0 Å². The highest BCUT2D eigenvalue weighted by Gasteiger charge is 2.03. The molecule has 0 atom stereocenters. The fraction of sp³-hybridized carbons (Fsp3) is 0.625. The van der Waals surface area contributed by atoms with Gasteiger partial charge in [0.05, 0.1) is 0 Å². The zero-order valence-corrected chi connectivity index (χ0v) is 8.67. The van der Waals surface area contributed by atoms with Gasteiger partial charge in [0.15, 0.2) is 5.82 Å². The molecule has 0 saturated carbocycles. The lowest BCUT2D eigenvalue weighted by Crippen LogP contribution is -2.25. The molecule has 0 bridgehead atoms. The topological polar surface area (TPSA) is 68.0 Å². The van der Waals surface area contributed by atoms with Gasteiger partial charge in [-0.2, -0.15) is 4.98 Å². The van der Waals surface area contributed by atoms with E-state index in [0.717, 1.165) is 0 Å². The molecule has 1 heterocycles. The van der Waals surface area contributed by atoms with Gasteiger partial charge in [0.25, 0.3) is 0 Å². The number of alkyl halides is 1. The minimum absolute atomic E-state index is 0.0590. The average molecular weight is 218 g/mol. The second kappa shape index (κ2) is 5.59. The number of carbonyl (C=O) groups excluding carboxylic acids is 1. The van der Waals surface area contributed by atoms with Crippen LogP contribution < -0.4 is 5.32 Å². The van der Waals surface area contributed by atoms with Crippen LogP contribution in [-0.4, -0.2) is 28.5 Å². The smallest absolute Gasteiger partial charge is 0.228 e. The summed E-state index contributed by atoms with van der Waals surface area (Å²) >= 11 is 5.39. The lowest BCUT2D eigenvalue weighted by atomic mass is 10.4. The van der Waals surface area contributed by atoms with Crippen molar-refractivity contribution in [2.75, 3.05) is 12.4 Å². The molecule has 1 aromatic heterocycles. The number of carbonyl (C=O) groups is 1. The van der Waals surface area contributed by atoms with E-state index < -0.39 is 0 Å². The van der Waals surface area contributed by atoms with Crippen LogP contribution in [0.5, 0.6) is 0 Å². The zero-order valence-electron chi connectivity index (χ0n) is 7.92. The largest absolute Gasteiger partial charge is 0.356 e. The summed E-state index contributed by atoms with van der Waals surface area (Å²) in [6.45, 7) is 2.25. The Morgan fingerprint density at radius 3 is 3.00 bits per heavy atom. The van der Waals surface area contributed by atoms with Gasteiger partial charge >= 0.3 is 0 Å². The number of rotatable bonds is 5. The minimum atomic E-state index is -0.0590. The van der Waals surface area contributed by atoms with Crippen molar-refractivity contribution in [3.8, 4) is 0 Å². The van der Waals surface area contributed by atoms with Gasteiger partial charge in [0.1, 0.15) is 0 Å². The Kier molecular flexibility index (Phi) is 4.39. The van der Waals surface area contributed by atoms with Crippen molar-refractivity contribution >= 4 is 17.5 Å². The fourth-order valence-corrected chi connectivity index (χ4v) is 1.10. The Hall–Kier alpha value is -1.10. The lowest BCUT2D eigenvalue weighted by Gasteiger charge is -2.00. The monoisotopic (exact) mass is 217 g/mol. The Labute approximate surface area is 86.8 Å². The molecule has 1 rings (SSSR count). The fourth-order valence-electron chi connectivity index (χ4n) is 0.925. The van der Waals surface area contributed by atoms with Crippen LogP contribution in [0.1, 0.15) is 18.1 Å². The van der Waals surface area contributed by atoms with E-state index in [1.807, 2.05) is 0 Å². The van der Waals surface area contributed by atoms with Crippen LogP contribution in [0.4, 0.5) is 0 Å². The van der Waals surface area contributed by atoms with Crippen LogP contribution in [0, 0.1) is 6.92 Å². The maximum absolute atomic E-state index is 11.0. The zero-order chi connectivity index (χ0) is 10.4. The van der Waals surface area contributed by atoms with Gasteiger partial charge in [0, 0.05) is 25.3 Å². The van der Waals surface area contributed by atoms with Gasteiger partial charge in [-0.3, -0.25) is 4.79 Å². The second-order valence-electron chi connectivity index (χ2n) is 2.77. The third kappa shape index (κ3) is 3.74. The number of nitrogens with one attached hydrogen (secondary N) is 1. The summed E-state index contributed by atoms with van der Waals surface area (Å²) < 4.78 is 4.87. The molecule has 0 aliphatic rings. The molecule has 0 unspecified atom stereocenters. The van der Waals surface area contributed by atoms with Gasteiger partial charge in [-0.15, -0.1) is 11.6 Å². The van der Waals surface area contributed by atoms with E-state index in [0.29, 0.717) is 37.0 Å². The molecule has 0 saturated heterocycles. The summed E-state index contributed by atoms with van der Waals surface area (Å²) in [6.07, 6.45) is 0.888. The summed E-state index contributed by atoms with van der Waals surface area (Å²) in [5, 5.41) is 6.32. The van der Waals surface area contributed by atoms with E-state index in [9.17, 15) is 4.79 Å². The number of aromatic nitrogens is 2. The van der Waals surface area contributed by atoms with Gasteiger partial charge in [-0.25, -0.2) is 0 Å².